The second kappa shape index (κ2) is 16.7. The van der Waals surface area contributed by atoms with Gasteiger partial charge in [0.2, 0.25) is 0 Å². The molecule has 1 fully saturated rings. The molecule has 6 N–H and O–H groups in total. The maximum absolute atomic E-state index is 13.6. The normalized spacial score (nSPS) is 16.5. The van der Waals surface area contributed by atoms with Crippen molar-refractivity contribution >= 4 is 63.7 Å². The van der Waals surface area contributed by atoms with Gasteiger partial charge in [-0.1, -0.05) is 59.6 Å². The Morgan fingerprint density at radius 2 is 1.81 bits per heavy atom. The van der Waals surface area contributed by atoms with Crippen LogP contribution in [0, 0.1) is 0 Å². The van der Waals surface area contributed by atoms with Crippen LogP contribution in [0.15, 0.2) is 66.7 Å². The predicted molar refractivity (Wildman–Crippen MR) is 183 cm³/mol. The van der Waals surface area contributed by atoms with E-state index >= 15 is 0 Å². The van der Waals surface area contributed by atoms with E-state index in [2.05, 4.69) is 16.0 Å². The minimum Gasteiger partial charge on any atom is -0.390 e. The minimum atomic E-state index is -2.96. The van der Waals surface area contributed by atoms with Gasteiger partial charge in [-0.15, -0.1) is 23.2 Å². The number of aliphatic hydroxyl groups is 1. The number of nitrogens with one attached hydrogen (secondary N) is 3. The number of halogens is 3. The number of benzene rings is 3. The zero-order valence-electron chi connectivity index (χ0n) is 24.1. The quantitative estimate of drug-likeness (QED) is 0.113. The summed E-state index contributed by atoms with van der Waals surface area (Å²) in [7, 11) is -2.96. The molecule has 4 rings (SSSR count). The molecule has 8 nitrogen and oxygen atoms in total. The zero-order chi connectivity index (χ0) is 30.1. The van der Waals surface area contributed by atoms with Crippen molar-refractivity contribution in [1.29, 1.82) is 0 Å². The molecule has 0 radical (unpaired) electrons. The van der Waals surface area contributed by atoms with Crippen LogP contribution in [0.4, 0.5) is 11.4 Å². The molecule has 43 heavy (non-hydrogen) atoms. The molecule has 0 spiro atoms. The second-order valence-electron chi connectivity index (χ2n) is 10.5. The highest BCUT2D eigenvalue weighted by Crippen LogP contribution is 2.50. The lowest BCUT2D eigenvalue weighted by atomic mass is 10.00. The highest BCUT2D eigenvalue weighted by Gasteiger charge is 2.28. The monoisotopic (exact) mass is 670 g/mol. The average molecular weight is 672 g/mol. The number of carbonyl (C=O) groups excluding carboxylic acids is 1. The summed E-state index contributed by atoms with van der Waals surface area (Å²) in [5, 5.41) is 22.0. The molecule has 1 heterocycles. The number of anilines is 2. The Kier molecular flexibility index (Phi) is 13.7. The molecule has 3 aromatic carbocycles. The summed E-state index contributed by atoms with van der Waals surface area (Å²) in [5.74, 6) is -0.0415. The molecule has 3 aromatic rings. The largest absolute Gasteiger partial charge is 0.390 e. The van der Waals surface area contributed by atoms with Gasteiger partial charge >= 0.3 is 0 Å². The number of aliphatic hydroxyl groups excluding tert-OH is 1. The van der Waals surface area contributed by atoms with Crippen LogP contribution < -0.4 is 20.3 Å². The maximum atomic E-state index is 13.6. The number of carbonyl (C=O) groups is 1. The Morgan fingerprint density at radius 1 is 1.05 bits per heavy atom. The molecule has 0 aliphatic carbocycles. The molecule has 1 amide bonds. The summed E-state index contributed by atoms with van der Waals surface area (Å²) >= 11 is 12.3. The van der Waals surface area contributed by atoms with Crippen LogP contribution in [0.3, 0.4) is 0 Å². The van der Waals surface area contributed by atoms with E-state index in [1.807, 2.05) is 49.4 Å². The molecule has 12 heteroatoms. The Morgan fingerprint density at radius 3 is 2.51 bits per heavy atom. The fourth-order valence-electron chi connectivity index (χ4n) is 5.04. The van der Waals surface area contributed by atoms with Crippen LogP contribution in [0.25, 0.3) is 0 Å². The molecular formula is C31H41Cl3N4O4S. The third-order valence-electron chi connectivity index (χ3n) is 7.25. The summed E-state index contributed by atoms with van der Waals surface area (Å²) in [6.45, 7) is 3.95. The Bertz CT molecular complexity index is 1340. The van der Waals surface area contributed by atoms with E-state index in [0.717, 1.165) is 24.0 Å². The van der Waals surface area contributed by atoms with Crippen molar-refractivity contribution in [2.45, 2.75) is 44.8 Å². The topological polar surface area (TPSA) is 117 Å². The van der Waals surface area contributed by atoms with Gasteiger partial charge in [0.15, 0.2) is 0 Å². The Labute approximate surface area is 272 Å². The van der Waals surface area contributed by atoms with Crippen molar-refractivity contribution < 1.29 is 19.0 Å². The number of nitrogens with zero attached hydrogens (tertiary/aromatic N) is 1. The van der Waals surface area contributed by atoms with E-state index in [1.54, 1.807) is 28.6 Å². The lowest BCUT2D eigenvalue weighted by Gasteiger charge is -2.47. The number of hydrogen-bond acceptors (Lipinski definition) is 7. The summed E-state index contributed by atoms with van der Waals surface area (Å²) in [6.07, 6.45) is 1.81. The lowest BCUT2D eigenvalue weighted by molar-refractivity contribution is 0.0831. The van der Waals surface area contributed by atoms with Gasteiger partial charge in [0, 0.05) is 40.9 Å². The van der Waals surface area contributed by atoms with Gasteiger partial charge in [-0.25, -0.2) is 0 Å². The second-order valence-corrected chi connectivity index (χ2v) is 13.4. The van der Waals surface area contributed by atoms with Crippen molar-refractivity contribution in [1.82, 2.24) is 10.6 Å². The first-order chi connectivity index (χ1) is 20.2. The fraction of sp³-hybridized carbons (Fsp3) is 0.387. The van der Waals surface area contributed by atoms with Crippen LogP contribution in [-0.4, -0.2) is 64.2 Å². The summed E-state index contributed by atoms with van der Waals surface area (Å²) in [5.41, 5.74) is 3.61. The number of hydrogen-bond donors (Lipinski definition) is 6. The smallest absolute Gasteiger partial charge is 0.251 e. The van der Waals surface area contributed by atoms with Crippen molar-refractivity contribution in [2.75, 3.05) is 41.6 Å². The van der Waals surface area contributed by atoms with Gasteiger partial charge in [-0.3, -0.25) is 18.2 Å². The first kappa shape index (κ1) is 35.3. The highest BCUT2D eigenvalue weighted by molar-refractivity contribution is 8.25. The van der Waals surface area contributed by atoms with Crippen LogP contribution in [-0.2, 0) is 12.8 Å². The van der Waals surface area contributed by atoms with Crippen molar-refractivity contribution in [2.24, 2.45) is 0 Å². The van der Waals surface area contributed by atoms with E-state index in [1.165, 1.54) is 0 Å². The summed E-state index contributed by atoms with van der Waals surface area (Å²) < 4.78 is 23.0. The van der Waals surface area contributed by atoms with E-state index in [0.29, 0.717) is 65.2 Å². The molecular weight excluding hydrogens is 631 g/mol. The molecule has 236 valence electrons. The predicted octanol–water partition coefficient (Wildman–Crippen LogP) is 6.65. The molecule has 0 aromatic heterocycles. The van der Waals surface area contributed by atoms with Crippen LogP contribution >= 0.6 is 46.4 Å². The molecule has 1 aliphatic rings. The van der Waals surface area contributed by atoms with Gasteiger partial charge in [0.05, 0.1) is 23.6 Å². The van der Waals surface area contributed by atoms with Gasteiger partial charge in [-0.05, 0) is 80.6 Å². The van der Waals surface area contributed by atoms with Crippen LogP contribution in [0.5, 0.6) is 0 Å². The van der Waals surface area contributed by atoms with E-state index in [9.17, 15) is 19.0 Å². The van der Waals surface area contributed by atoms with E-state index < -0.39 is 22.9 Å². The molecule has 1 saturated heterocycles. The summed E-state index contributed by atoms with van der Waals surface area (Å²) in [6, 6.07) is 19.8. The number of rotatable bonds is 13. The third kappa shape index (κ3) is 10.2. The van der Waals surface area contributed by atoms with Gasteiger partial charge in [0.25, 0.3) is 5.91 Å². The number of amides is 1. The van der Waals surface area contributed by atoms with Gasteiger partial charge in [0.1, 0.15) is 0 Å². The molecule has 1 aliphatic heterocycles. The first-order valence-electron chi connectivity index (χ1n) is 14.3. The first-order valence-corrected chi connectivity index (χ1v) is 16.7. The van der Waals surface area contributed by atoms with E-state index in [-0.39, 0.29) is 24.9 Å². The standard InChI is InChI=1S/C31H40Cl2N4O4S.ClH/c1-2-35-26-17-24(18-27(20-26)37-14-6-7-15-42(37,40)41)31(39)36-29(16-22-8-4-3-5-9-22)30(38)21-34-13-12-23-10-11-25(32)19-28(23)33;/h3-5,8-11,17-20,29-30,34-35,38,40-41H,2,6-7,12-16,21H2,1H3,(H,36,39);1H/t29-,30-;/m0./s1. The van der Waals surface area contributed by atoms with E-state index in [4.69, 9.17) is 23.2 Å². The zero-order valence-corrected chi connectivity index (χ0v) is 27.3. The average Bonchev–Trinajstić information content (AvgIpc) is 2.96. The summed E-state index contributed by atoms with van der Waals surface area (Å²) in [4.78, 5) is 13.6. The van der Waals surface area contributed by atoms with Crippen molar-refractivity contribution in [3.63, 3.8) is 0 Å². The highest BCUT2D eigenvalue weighted by atomic mass is 35.5. The van der Waals surface area contributed by atoms with Crippen LogP contribution in [0.1, 0.15) is 41.3 Å². The minimum absolute atomic E-state index is 0. The maximum Gasteiger partial charge on any atom is 0.251 e. The van der Waals surface area contributed by atoms with Crippen molar-refractivity contribution in [3.05, 3.63) is 93.5 Å². The van der Waals surface area contributed by atoms with Crippen LogP contribution in [0.2, 0.25) is 10.0 Å². The lowest BCUT2D eigenvalue weighted by Crippen LogP contribution is -2.49. The third-order valence-corrected chi connectivity index (χ3v) is 9.77. The molecule has 0 saturated carbocycles. The Hall–Kier alpha value is -2.21. The van der Waals surface area contributed by atoms with Gasteiger partial charge in [-0.2, -0.15) is 0 Å². The SMILES string of the molecule is CCNc1cc(C(=O)N[C@@H](Cc2ccccc2)[C@@H](O)CNCCc2ccc(Cl)cc2Cl)cc(N2CCCCS2(O)O)c1.Cl. The molecule has 0 bridgehead atoms. The van der Waals surface area contributed by atoms with Crippen molar-refractivity contribution in [3.8, 4) is 0 Å². The fourth-order valence-corrected chi connectivity index (χ4v) is 7.22. The molecule has 0 unspecified atom stereocenters. The van der Waals surface area contributed by atoms with Gasteiger partial charge < -0.3 is 21.1 Å². The Balaban J connectivity index is 0.00000506. The molecule has 2 atom stereocenters.